The van der Waals surface area contributed by atoms with E-state index in [2.05, 4.69) is 25.7 Å². The average Bonchev–Trinajstić information content (AvgIpc) is 2.77. The van der Waals surface area contributed by atoms with Crippen molar-refractivity contribution in [2.45, 2.75) is 33.7 Å². The predicted molar refractivity (Wildman–Crippen MR) is 80.2 cm³/mol. The first-order valence-corrected chi connectivity index (χ1v) is 7.05. The van der Waals surface area contributed by atoms with Crippen molar-refractivity contribution in [2.24, 2.45) is 11.3 Å². The Kier molecular flexibility index (Phi) is 4.04. The maximum Gasteiger partial charge on any atom is 0.123 e. The van der Waals surface area contributed by atoms with Crippen LogP contribution in [-0.2, 0) is 6.54 Å². The SMILES string of the molecule is COc1ccc(N)cc1CN1CCC(C(C)(C)C)C1. The van der Waals surface area contributed by atoms with Gasteiger partial charge in [-0.25, -0.2) is 0 Å². The van der Waals surface area contributed by atoms with Crippen molar-refractivity contribution in [3.8, 4) is 5.75 Å². The lowest BCUT2D eigenvalue weighted by atomic mass is 9.80. The van der Waals surface area contributed by atoms with E-state index in [0.717, 1.165) is 23.9 Å². The van der Waals surface area contributed by atoms with Gasteiger partial charge in [-0.3, -0.25) is 4.90 Å². The number of nitrogens with two attached hydrogens (primary N) is 1. The molecule has 0 spiro atoms. The van der Waals surface area contributed by atoms with Gasteiger partial charge in [0.1, 0.15) is 5.75 Å². The molecule has 3 heteroatoms. The van der Waals surface area contributed by atoms with Crippen LogP contribution in [0.2, 0.25) is 0 Å². The molecule has 0 amide bonds. The maximum absolute atomic E-state index is 5.88. The molecule has 0 aliphatic carbocycles. The molecule has 1 aliphatic rings. The summed E-state index contributed by atoms with van der Waals surface area (Å²) in [4.78, 5) is 2.51. The van der Waals surface area contributed by atoms with Crippen LogP contribution in [0.1, 0.15) is 32.8 Å². The fourth-order valence-corrected chi connectivity index (χ4v) is 2.85. The maximum atomic E-state index is 5.88. The van der Waals surface area contributed by atoms with Gasteiger partial charge in [0.2, 0.25) is 0 Å². The molecule has 1 aliphatic heterocycles. The van der Waals surface area contributed by atoms with E-state index in [0.29, 0.717) is 5.41 Å². The number of hydrogen-bond donors (Lipinski definition) is 1. The number of ether oxygens (including phenoxy) is 1. The van der Waals surface area contributed by atoms with Gasteiger partial charge in [0.15, 0.2) is 0 Å². The van der Waals surface area contributed by atoms with Crippen LogP contribution in [0.15, 0.2) is 18.2 Å². The molecule has 0 radical (unpaired) electrons. The molecular formula is C16H26N2O. The second kappa shape index (κ2) is 5.41. The Morgan fingerprint density at radius 1 is 1.37 bits per heavy atom. The third-order valence-corrected chi connectivity index (χ3v) is 4.20. The molecule has 1 atom stereocenters. The molecule has 1 aromatic carbocycles. The van der Waals surface area contributed by atoms with Crippen LogP contribution in [0, 0.1) is 11.3 Å². The summed E-state index contributed by atoms with van der Waals surface area (Å²) < 4.78 is 5.42. The first-order valence-electron chi connectivity index (χ1n) is 7.05. The van der Waals surface area contributed by atoms with Crippen molar-refractivity contribution in [1.29, 1.82) is 0 Å². The molecule has 0 bridgehead atoms. The minimum atomic E-state index is 0.397. The highest BCUT2D eigenvalue weighted by atomic mass is 16.5. The van der Waals surface area contributed by atoms with Crippen molar-refractivity contribution in [1.82, 2.24) is 4.90 Å². The minimum absolute atomic E-state index is 0.397. The second-order valence-corrected chi connectivity index (χ2v) is 6.66. The standard InChI is InChI=1S/C16H26N2O/c1-16(2,3)13-7-8-18(11-13)10-12-9-14(17)5-6-15(12)19-4/h5-6,9,13H,7-8,10-11,17H2,1-4H3. The van der Waals surface area contributed by atoms with Crippen molar-refractivity contribution in [2.75, 3.05) is 25.9 Å². The van der Waals surface area contributed by atoms with E-state index in [4.69, 9.17) is 10.5 Å². The Morgan fingerprint density at radius 2 is 2.11 bits per heavy atom. The molecule has 3 nitrogen and oxygen atoms in total. The van der Waals surface area contributed by atoms with E-state index >= 15 is 0 Å². The quantitative estimate of drug-likeness (QED) is 0.850. The van der Waals surface area contributed by atoms with Crippen molar-refractivity contribution < 1.29 is 4.74 Å². The molecule has 106 valence electrons. The molecule has 1 aromatic rings. The largest absolute Gasteiger partial charge is 0.496 e. The zero-order valence-electron chi connectivity index (χ0n) is 12.6. The normalized spacial score (nSPS) is 20.7. The first-order chi connectivity index (χ1) is 8.90. The lowest BCUT2D eigenvalue weighted by molar-refractivity contribution is 0.225. The molecule has 1 saturated heterocycles. The molecule has 1 fully saturated rings. The van der Waals surface area contributed by atoms with Gasteiger partial charge in [0.25, 0.3) is 0 Å². The van der Waals surface area contributed by atoms with Crippen molar-refractivity contribution in [3.05, 3.63) is 23.8 Å². The van der Waals surface area contributed by atoms with Gasteiger partial charge in [0, 0.05) is 24.3 Å². The molecular weight excluding hydrogens is 236 g/mol. The zero-order chi connectivity index (χ0) is 14.0. The van der Waals surface area contributed by atoms with Gasteiger partial charge in [-0.1, -0.05) is 20.8 Å². The van der Waals surface area contributed by atoms with E-state index < -0.39 is 0 Å². The third kappa shape index (κ3) is 3.41. The van der Waals surface area contributed by atoms with Gasteiger partial charge in [-0.15, -0.1) is 0 Å². The number of nitrogens with zero attached hydrogens (tertiary/aromatic N) is 1. The fourth-order valence-electron chi connectivity index (χ4n) is 2.85. The summed E-state index contributed by atoms with van der Waals surface area (Å²) in [7, 11) is 1.72. The monoisotopic (exact) mass is 262 g/mol. The van der Waals surface area contributed by atoms with E-state index in [9.17, 15) is 0 Å². The summed E-state index contributed by atoms with van der Waals surface area (Å²) in [6, 6.07) is 5.88. The number of anilines is 1. The Morgan fingerprint density at radius 3 is 2.68 bits per heavy atom. The summed E-state index contributed by atoms with van der Waals surface area (Å²) >= 11 is 0. The van der Waals surface area contributed by atoms with Crippen LogP contribution in [0.4, 0.5) is 5.69 Å². The first kappa shape index (κ1) is 14.2. The van der Waals surface area contributed by atoms with E-state index in [1.807, 2.05) is 18.2 Å². The number of rotatable bonds is 3. The predicted octanol–water partition coefficient (Wildman–Crippen LogP) is 3.15. The van der Waals surface area contributed by atoms with E-state index in [-0.39, 0.29) is 0 Å². The number of hydrogen-bond acceptors (Lipinski definition) is 3. The minimum Gasteiger partial charge on any atom is -0.496 e. The summed E-state index contributed by atoms with van der Waals surface area (Å²) in [5, 5.41) is 0. The smallest absolute Gasteiger partial charge is 0.123 e. The molecule has 0 aromatic heterocycles. The Bertz CT molecular complexity index is 437. The third-order valence-electron chi connectivity index (χ3n) is 4.20. The topological polar surface area (TPSA) is 38.5 Å². The Hall–Kier alpha value is -1.22. The van der Waals surface area contributed by atoms with Crippen LogP contribution in [0.25, 0.3) is 0 Å². The average molecular weight is 262 g/mol. The lowest BCUT2D eigenvalue weighted by Crippen LogP contribution is -2.26. The van der Waals surface area contributed by atoms with Crippen LogP contribution in [-0.4, -0.2) is 25.1 Å². The summed E-state index contributed by atoms with van der Waals surface area (Å²) in [5.41, 5.74) is 8.28. The molecule has 1 unspecified atom stereocenters. The number of nitrogen functional groups attached to an aromatic ring is 1. The van der Waals surface area contributed by atoms with Crippen LogP contribution in [0.3, 0.4) is 0 Å². The van der Waals surface area contributed by atoms with E-state index in [1.165, 1.54) is 25.1 Å². The van der Waals surface area contributed by atoms with Gasteiger partial charge in [0.05, 0.1) is 7.11 Å². The summed E-state index contributed by atoms with van der Waals surface area (Å²) in [6.07, 6.45) is 1.29. The van der Waals surface area contributed by atoms with Gasteiger partial charge in [-0.05, 0) is 42.5 Å². The van der Waals surface area contributed by atoms with Crippen LogP contribution in [0.5, 0.6) is 5.75 Å². The molecule has 0 saturated carbocycles. The number of benzene rings is 1. The van der Waals surface area contributed by atoms with Gasteiger partial charge >= 0.3 is 0 Å². The highest BCUT2D eigenvalue weighted by Crippen LogP contribution is 2.34. The highest BCUT2D eigenvalue weighted by molar-refractivity contribution is 5.47. The van der Waals surface area contributed by atoms with Crippen LogP contribution >= 0.6 is 0 Å². The molecule has 1 heterocycles. The van der Waals surface area contributed by atoms with Gasteiger partial charge < -0.3 is 10.5 Å². The summed E-state index contributed by atoms with van der Waals surface area (Å²) in [5.74, 6) is 1.72. The zero-order valence-corrected chi connectivity index (χ0v) is 12.6. The number of methoxy groups -OCH3 is 1. The van der Waals surface area contributed by atoms with Crippen LogP contribution < -0.4 is 10.5 Å². The Balaban J connectivity index is 2.05. The second-order valence-electron chi connectivity index (χ2n) is 6.66. The lowest BCUT2D eigenvalue weighted by Gasteiger charge is -2.27. The number of likely N-dealkylation sites (tertiary alicyclic amines) is 1. The Labute approximate surface area is 116 Å². The fraction of sp³-hybridized carbons (Fsp3) is 0.625. The van der Waals surface area contributed by atoms with Crippen molar-refractivity contribution >= 4 is 5.69 Å². The highest BCUT2D eigenvalue weighted by Gasteiger charge is 2.31. The molecule has 2 rings (SSSR count). The molecule has 2 N–H and O–H groups in total. The van der Waals surface area contributed by atoms with E-state index in [1.54, 1.807) is 7.11 Å². The van der Waals surface area contributed by atoms with Gasteiger partial charge in [-0.2, -0.15) is 0 Å². The van der Waals surface area contributed by atoms with Crippen molar-refractivity contribution in [3.63, 3.8) is 0 Å². The molecule has 19 heavy (non-hydrogen) atoms. The summed E-state index contributed by atoms with van der Waals surface area (Å²) in [6.45, 7) is 10.3.